The Balaban J connectivity index is 2.05. The largest absolute Gasteiger partial charge is 0.391 e. The molecule has 2 heterocycles. The minimum Gasteiger partial charge on any atom is -0.391 e. The van der Waals surface area contributed by atoms with Crippen LogP contribution in [0.2, 0.25) is 0 Å². The molecule has 0 fully saturated rings. The first-order valence-electron chi connectivity index (χ1n) is 8.12. The van der Waals surface area contributed by atoms with E-state index in [-0.39, 0.29) is 18.3 Å². The minimum absolute atomic E-state index is 0.0334. The summed E-state index contributed by atoms with van der Waals surface area (Å²) < 4.78 is 0. The van der Waals surface area contributed by atoms with Gasteiger partial charge in [0.1, 0.15) is 11.6 Å². The molecule has 1 amide bonds. The van der Waals surface area contributed by atoms with Gasteiger partial charge in [-0.15, -0.1) is 0 Å². The molecule has 0 radical (unpaired) electrons. The van der Waals surface area contributed by atoms with Crippen molar-refractivity contribution in [1.82, 2.24) is 4.98 Å². The monoisotopic (exact) mass is 357 g/mol. The third-order valence-electron chi connectivity index (χ3n) is 4.26. The molecule has 2 aromatic rings. The number of aliphatic hydroxyl groups is 1. The molecule has 0 spiro atoms. The molecule has 25 heavy (non-hydrogen) atoms. The Labute approximate surface area is 150 Å². The van der Waals surface area contributed by atoms with E-state index in [1.165, 1.54) is 0 Å². The molecule has 1 aliphatic rings. The normalized spacial score (nSPS) is 18.2. The maximum Gasteiger partial charge on any atom is 0.289 e. The fraction of sp³-hybridized carbons (Fsp3) is 0.316. The van der Waals surface area contributed by atoms with Gasteiger partial charge in [-0.25, -0.2) is 4.98 Å². The van der Waals surface area contributed by atoms with Crippen molar-refractivity contribution in [3.8, 4) is 0 Å². The first-order chi connectivity index (χ1) is 12.0. The Morgan fingerprint density at radius 2 is 1.88 bits per heavy atom. The highest BCUT2D eigenvalue weighted by molar-refractivity contribution is 7.98. The van der Waals surface area contributed by atoms with Crippen molar-refractivity contribution in [3.63, 3.8) is 0 Å². The van der Waals surface area contributed by atoms with Crippen LogP contribution in [0.15, 0.2) is 42.5 Å². The molecule has 1 aromatic heterocycles. The van der Waals surface area contributed by atoms with E-state index in [4.69, 9.17) is 0 Å². The van der Waals surface area contributed by atoms with Gasteiger partial charge >= 0.3 is 0 Å². The second kappa shape index (κ2) is 7.37. The van der Waals surface area contributed by atoms with Crippen molar-refractivity contribution < 1.29 is 14.7 Å². The SMILES string of the molecule is Cc1ccc2c(n1)N(Cc1ccccc1)C(=O)C([S+](C)CCO)C2=O. The Bertz CT molecular complexity index is 795. The van der Waals surface area contributed by atoms with Crippen LogP contribution in [0.1, 0.15) is 21.6 Å². The minimum atomic E-state index is -0.743. The van der Waals surface area contributed by atoms with Gasteiger partial charge in [-0.05, 0) is 24.6 Å². The second-order valence-corrected chi connectivity index (χ2v) is 8.36. The molecule has 0 saturated carbocycles. The lowest BCUT2D eigenvalue weighted by Crippen LogP contribution is -2.52. The lowest BCUT2D eigenvalue weighted by molar-refractivity contribution is -0.117. The summed E-state index contributed by atoms with van der Waals surface area (Å²) >= 11 is 0. The molecular formula is C19H21N2O3S+. The van der Waals surface area contributed by atoms with E-state index in [0.29, 0.717) is 23.7 Å². The van der Waals surface area contributed by atoms with Gasteiger partial charge in [-0.2, -0.15) is 0 Å². The van der Waals surface area contributed by atoms with Gasteiger partial charge < -0.3 is 5.11 Å². The average Bonchev–Trinajstić information content (AvgIpc) is 2.59. The van der Waals surface area contributed by atoms with E-state index in [9.17, 15) is 14.7 Å². The molecule has 0 aliphatic carbocycles. The number of aryl methyl sites for hydroxylation is 1. The van der Waals surface area contributed by atoms with Gasteiger partial charge in [0, 0.05) is 16.6 Å². The zero-order chi connectivity index (χ0) is 18.0. The van der Waals surface area contributed by atoms with Crippen LogP contribution in [0.3, 0.4) is 0 Å². The molecule has 6 heteroatoms. The zero-order valence-corrected chi connectivity index (χ0v) is 15.1. The summed E-state index contributed by atoms with van der Waals surface area (Å²) in [6.07, 6.45) is 1.87. The van der Waals surface area contributed by atoms with Crippen LogP contribution in [0.25, 0.3) is 0 Å². The number of anilines is 1. The van der Waals surface area contributed by atoms with Gasteiger partial charge in [0.15, 0.2) is 0 Å². The summed E-state index contributed by atoms with van der Waals surface area (Å²) in [5, 5.41) is 8.49. The van der Waals surface area contributed by atoms with Crippen molar-refractivity contribution in [2.75, 3.05) is 23.5 Å². The number of aromatic nitrogens is 1. The predicted octanol–water partition coefficient (Wildman–Crippen LogP) is 1.73. The number of carbonyl (C=O) groups excluding carboxylic acids is 2. The van der Waals surface area contributed by atoms with Gasteiger partial charge in [-0.3, -0.25) is 14.5 Å². The summed E-state index contributed by atoms with van der Waals surface area (Å²) in [4.78, 5) is 32.1. The maximum absolute atomic E-state index is 13.1. The molecule has 5 nitrogen and oxygen atoms in total. The van der Waals surface area contributed by atoms with Crippen molar-refractivity contribution in [2.24, 2.45) is 0 Å². The maximum atomic E-state index is 13.1. The van der Waals surface area contributed by atoms with E-state index in [1.54, 1.807) is 17.0 Å². The van der Waals surface area contributed by atoms with E-state index in [1.807, 2.05) is 43.5 Å². The van der Waals surface area contributed by atoms with Crippen molar-refractivity contribution in [3.05, 3.63) is 59.3 Å². The molecule has 1 aromatic carbocycles. The molecule has 2 atom stereocenters. The summed E-state index contributed by atoms with van der Waals surface area (Å²) in [5.41, 5.74) is 2.24. The quantitative estimate of drug-likeness (QED) is 0.653. The number of Topliss-reactive ketones (excluding diaryl/α,β-unsaturated/α-hetero) is 1. The second-order valence-electron chi connectivity index (χ2n) is 6.10. The predicted molar refractivity (Wildman–Crippen MR) is 100.0 cm³/mol. The van der Waals surface area contributed by atoms with Crippen LogP contribution in [0.4, 0.5) is 5.82 Å². The number of fused-ring (bicyclic) bond motifs is 1. The number of benzene rings is 1. The topological polar surface area (TPSA) is 70.5 Å². The average molecular weight is 357 g/mol. The molecular weight excluding hydrogens is 336 g/mol. The number of hydrogen-bond donors (Lipinski definition) is 1. The highest BCUT2D eigenvalue weighted by Gasteiger charge is 2.48. The molecule has 1 aliphatic heterocycles. The molecule has 0 bridgehead atoms. The van der Waals surface area contributed by atoms with E-state index in [2.05, 4.69) is 4.98 Å². The summed E-state index contributed by atoms with van der Waals surface area (Å²) in [7, 11) is -0.527. The van der Waals surface area contributed by atoms with Crippen LogP contribution in [-0.4, -0.2) is 45.6 Å². The van der Waals surface area contributed by atoms with Crippen LogP contribution in [-0.2, 0) is 22.2 Å². The number of aliphatic hydroxyl groups excluding tert-OH is 1. The number of carbonyl (C=O) groups is 2. The Morgan fingerprint density at radius 3 is 2.56 bits per heavy atom. The smallest absolute Gasteiger partial charge is 0.289 e. The van der Waals surface area contributed by atoms with E-state index in [0.717, 1.165) is 11.3 Å². The van der Waals surface area contributed by atoms with E-state index < -0.39 is 16.1 Å². The summed E-state index contributed by atoms with van der Waals surface area (Å²) in [6.45, 7) is 2.19. The highest BCUT2D eigenvalue weighted by Crippen LogP contribution is 2.31. The third-order valence-corrected chi connectivity index (χ3v) is 6.31. The standard InChI is InChI=1S/C19H21N2O3S/c1-13-8-9-15-16(23)17(25(2)11-10-22)19(24)21(18(15)20-13)12-14-6-4-3-5-7-14/h3-9,17,22H,10-12H2,1-2H3/q+1. The summed E-state index contributed by atoms with van der Waals surface area (Å²) in [5.74, 6) is 0.474. The first kappa shape index (κ1) is 17.6. The molecule has 130 valence electrons. The highest BCUT2D eigenvalue weighted by atomic mass is 32.2. The zero-order valence-electron chi connectivity index (χ0n) is 14.3. The van der Waals surface area contributed by atoms with Gasteiger partial charge in [0.2, 0.25) is 5.78 Å². The first-order valence-corrected chi connectivity index (χ1v) is 9.99. The number of amides is 1. The van der Waals surface area contributed by atoms with Crippen molar-refractivity contribution in [1.29, 1.82) is 0 Å². The molecule has 3 rings (SSSR count). The molecule has 0 saturated heterocycles. The van der Waals surface area contributed by atoms with Crippen molar-refractivity contribution in [2.45, 2.75) is 18.7 Å². The summed E-state index contributed by atoms with van der Waals surface area (Å²) in [6, 6.07) is 13.2. The van der Waals surface area contributed by atoms with Crippen LogP contribution in [0, 0.1) is 6.92 Å². The third kappa shape index (κ3) is 3.45. The number of nitrogens with zero attached hydrogens (tertiary/aromatic N) is 2. The molecule has 2 unspecified atom stereocenters. The fourth-order valence-electron chi connectivity index (χ4n) is 2.98. The lowest BCUT2D eigenvalue weighted by atomic mass is 10.0. The van der Waals surface area contributed by atoms with E-state index >= 15 is 0 Å². The Kier molecular flexibility index (Phi) is 5.20. The van der Waals surface area contributed by atoms with Gasteiger partial charge in [0.25, 0.3) is 11.2 Å². The Morgan fingerprint density at radius 1 is 1.16 bits per heavy atom. The lowest BCUT2D eigenvalue weighted by Gasteiger charge is -2.31. The van der Waals surface area contributed by atoms with Crippen LogP contribution < -0.4 is 4.90 Å². The Hall–Kier alpha value is -2.18. The van der Waals surface area contributed by atoms with Crippen molar-refractivity contribution >= 4 is 28.4 Å². The van der Waals surface area contributed by atoms with Gasteiger partial charge in [0.05, 0.1) is 25.0 Å². The number of hydrogen-bond acceptors (Lipinski definition) is 4. The number of ketones is 1. The van der Waals surface area contributed by atoms with Gasteiger partial charge in [-0.1, -0.05) is 30.3 Å². The number of rotatable bonds is 5. The van der Waals surface area contributed by atoms with Crippen LogP contribution in [0.5, 0.6) is 0 Å². The number of pyridine rings is 1. The fourth-order valence-corrected chi connectivity index (χ4v) is 4.46. The molecule has 1 N–H and O–H groups in total. The van der Waals surface area contributed by atoms with Crippen LogP contribution >= 0.6 is 0 Å².